The smallest absolute Gasteiger partial charge is 0.254 e. The fraction of sp³-hybridized carbons (Fsp3) is 0.182. The molecule has 0 fully saturated rings. The van der Waals surface area contributed by atoms with Crippen molar-refractivity contribution in [1.29, 1.82) is 0 Å². The molecule has 4 rings (SSSR count). The fourth-order valence-corrected chi connectivity index (χ4v) is 3.83. The largest absolute Gasteiger partial charge is 0.487 e. The first kappa shape index (κ1) is 18.3. The van der Waals surface area contributed by atoms with Gasteiger partial charge in [0.25, 0.3) is 5.91 Å². The van der Waals surface area contributed by atoms with Crippen LogP contribution >= 0.6 is 11.3 Å². The summed E-state index contributed by atoms with van der Waals surface area (Å²) in [5.41, 5.74) is 2.40. The first-order valence-corrected chi connectivity index (χ1v) is 9.96. The van der Waals surface area contributed by atoms with Gasteiger partial charge in [-0.3, -0.25) is 4.79 Å². The molecule has 0 spiro atoms. The van der Waals surface area contributed by atoms with Crippen LogP contribution in [0.1, 0.15) is 33.9 Å². The zero-order chi connectivity index (χ0) is 19.5. The van der Waals surface area contributed by atoms with Gasteiger partial charge < -0.3 is 14.0 Å². The van der Waals surface area contributed by atoms with E-state index in [1.807, 2.05) is 72.5 Å². The Hall–Kier alpha value is -3.12. The zero-order valence-electron chi connectivity index (χ0n) is 15.8. The first-order valence-electron chi connectivity index (χ1n) is 9.08. The molecule has 0 unspecified atom stereocenters. The van der Waals surface area contributed by atoms with E-state index in [-0.39, 0.29) is 11.9 Å². The van der Waals surface area contributed by atoms with E-state index < -0.39 is 0 Å². The molecule has 1 amide bonds. The molecule has 6 heteroatoms. The molecule has 1 aromatic carbocycles. The number of fused-ring (bicyclic) bond motifs is 1. The number of carbonyl (C=O) groups excluding carboxylic acids is 1. The Bertz CT molecular complexity index is 1040. The maximum absolute atomic E-state index is 12.7. The lowest BCUT2D eigenvalue weighted by Crippen LogP contribution is -2.29. The minimum atomic E-state index is -0.00667. The van der Waals surface area contributed by atoms with Gasteiger partial charge >= 0.3 is 0 Å². The van der Waals surface area contributed by atoms with Gasteiger partial charge in [-0.1, -0.05) is 12.1 Å². The van der Waals surface area contributed by atoms with Crippen LogP contribution in [0.4, 0.5) is 0 Å². The zero-order valence-corrected chi connectivity index (χ0v) is 16.6. The Labute approximate surface area is 167 Å². The normalized spacial score (nSPS) is 12.1. The molecule has 5 nitrogen and oxygen atoms in total. The number of nitrogens with zero attached hydrogens (tertiary/aromatic N) is 3. The van der Waals surface area contributed by atoms with Crippen LogP contribution in [0.25, 0.3) is 5.65 Å². The maximum atomic E-state index is 12.7. The minimum Gasteiger partial charge on any atom is -0.487 e. The van der Waals surface area contributed by atoms with E-state index in [0.717, 1.165) is 11.3 Å². The summed E-state index contributed by atoms with van der Waals surface area (Å²) in [7, 11) is 1.83. The van der Waals surface area contributed by atoms with Gasteiger partial charge in [0.15, 0.2) is 0 Å². The number of benzene rings is 1. The van der Waals surface area contributed by atoms with Gasteiger partial charge in [-0.25, -0.2) is 4.98 Å². The van der Waals surface area contributed by atoms with Gasteiger partial charge in [0.05, 0.1) is 11.7 Å². The van der Waals surface area contributed by atoms with Crippen molar-refractivity contribution in [3.63, 3.8) is 0 Å². The molecule has 3 aromatic heterocycles. The molecule has 0 saturated heterocycles. The van der Waals surface area contributed by atoms with Gasteiger partial charge in [0.2, 0.25) is 0 Å². The van der Waals surface area contributed by atoms with Crippen LogP contribution in [0, 0.1) is 0 Å². The van der Waals surface area contributed by atoms with E-state index in [1.165, 1.54) is 4.88 Å². The number of imidazole rings is 1. The third-order valence-electron chi connectivity index (χ3n) is 4.76. The number of hydrogen-bond donors (Lipinski definition) is 0. The maximum Gasteiger partial charge on any atom is 0.254 e. The summed E-state index contributed by atoms with van der Waals surface area (Å²) in [6, 6.07) is 17.2. The molecule has 0 radical (unpaired) electrons. The highest BCUT2D eigenvalue weighted by Crippen LogP contribution is 2.25. The highest BCUT2D eigenvalue weighted by atomic mass is 32.1. The SMILES string of the molecule is C[C@@H](c1cccs1)N(C)C(=O)c1ccc(OCc2cn3ccccc3n2)cc1. The van der Waals surface area contributed by atoms with E-state index >= 15 is 0 Å². The molecule has 3 heterocycles. The molecule has 0 N–H and O–H groups in total. The average molecular weight is 391 g/mol. The van der Waals surface area contributed by atoms with Crippen molar-refractivity contribution in [1.82, 2.24) is 14.3 Å². The summed E-state index contributed by atoms with van der Waals surface area (Å²) < 4.78 is 7.79. The van der Waals surface area contributed by atoms with E-state index in [1.54, 1.807) is 28.4 Å². The van der Waals surface area contributed by atoms with Crippen LogP contribution in [0.5, 0.6) is 5.75 Å². The summed E-state index contributed by atoms with van der Waals surface area (Å²) in [4.78, 5) is 20.2. The molecule has 0 aliphatic rings. The van der Waals surface area contributed by atoms with E-state index in [9.17, 15) is 4.79 Å². The van der Waals surface area contributed by atoms with E-state index in [2.05, 4.69) is 11.1 Å². The lowest BCUT2D eigenvalue weighted by Gasteiger charge is -2.24. The third kappa shape index (κ3) is 3.77. The second-order valence-corrected chi connectivity index (χ2v) is 7.60. The number of ether oxygens (including phenoxy) is 1. The van der Waals surface area contributed by atoms with Gasteiger partial charge in [0, 0.05) is 29.9 Å². The lowest BCUT2D eigenvalue weighted by atomic mass is 10.1. The van der Waals surface area contributed by atoms with Crippen LogP contribution in [0.2, 0.25) is 0 Å². The topological polar surface area (TPSA) is 46.8 Å². The Kier molecular flexibility index (Phi) is 5.12. The van der Waals surface area contributed by atoms with Gasteiger partial charge in [-0.05, 0) is 54.8 Å². The number of hydrogen-bond acceptors (Lipinski definition) is 4. The average Bonchev–Trinajstić information content (AvgIpc) is 3.40. The van der Waals surface area contributed by atoms with Crippen LogP contribution in [-0.4, -0.2) is 27.2 Å². The summed E-state index contributed by atoms with van der Waals surface area (Å²) in [6.07, 6.45) is 3.91. The molecular formula is C22H21N3O2S. The highest BCUT2D eigenvalue weighted by Gasteiger charge is 2.19. The van der Waals surface area contributed by atoms with Crippen LogP contribution in [0.3, 0.4) is 0 Å². The number of rotatable bonds is 6. The quantitative estimate of drug-likeness (QED) is 0.474. The van der Waals surface area contributed by atoms with Crippen molar-refractivity contribution in [2.75, 3.05) is 7.05 Å². The molecule has 142 valence electrons. The van der Waals surface area contributed by atoms with Crippen molar-refractivity contribution in [3.8, 4) is 5.75 Å². The monoisotopic (exact) mass is 391 g/mol. The lowest BCUT2D eigenvalue weighted by molar-refractivity contribution is 0.0745. The Balaban J connectivity index is 1.39. The summed E-state index contributed by atoms with van der Waals surface area (Å²) >= 11 is 1.66. The van der Waals surface area contributed by atoms with Crippen LogP contribution < -0.4 is 4.74 Å². The minimum absolute atomic E-state index is 0.00667. The van der Waals surface area contributed by atoms with Crippen LogP contribution in [-0.2, 0) is 6.61 Å². The Morgan fingerprint density at radius 2 is 2.00 bits per heavy atom. The standard InChI is InChI=1S/C22H21N3O2S/c1-16(20-6-5-13-28-20)24(2)22(26)17-8-10-19(11-9-17)27-15-18-14-25-12-4-3-7-21(25)23-18/h3-14,16H,15H2,1-2H3/t16-/m0/s1. The van der Waals surface area contributed by atoms with Crippen LogP contribution in [0.15, 0.2) is 72.4 Å². The number of carbonyl (C=O) groups is 1. The summed E-state index contributed by atoms with van der Waals surface area (Å²) in [6.45, 7) is 2.42. The second kappa shape index (κ2) is 7.86. The van der Waals surface area contributed by atoms with Crippen molar-refractivity contribution in [3.05, 3.63) is 88.5 Å². The van der Waals surface area contributed by atoms with Gasteiger partial charge in [-0.2, -0.15) is 0 Å². The Morgan fingerprint density at radius 1 is 1.18 bits per heavy atom. The van der Waals surface area contributed by atoms with Crippen molar-refractivity contribution in [2.24, 2.45) is 0 Å². The third-order valence-corrected chi connectivity index (χ3v) is 5.80. The van der Waals surface area contributed by atoms with E-state index in [0.29, 0.717) is 17.9 Å². The van der Waals surface area contributed by atoms with Gasteiger partial charge in [-0.15, -0.1) is 11.3 Å². The van der Waals surface area contributed by atoms with Gasteiger partial charge in [0.1, 0.15) is 18.0 Å². The molecule has 4 aromatic rings. The fourth-order valence-electron chi connectivity index (χ4n) is 3.01. The molecular weight excluding hydrogens is 370 g/mol. The second-order valence-electron chi connectivity index (χ2n) is 6.62. The molecule has 0 aliphatic heterocycles. The Morgan fingerprint density at radius 3 is 2.71 bits per heavy atom. The summed E-state index contributed by atoms with van der Waals surface area (Å²) in [5, 5.41) is 2.03. The van der Waals surface area contributed by atoms with Crippen molar-refractivity contribution < 1.29 is 9.53 Å². The molecule has 0 saturated carbocycles. The predicted octanol–water partition coefficient (Wildman–Crippen LogP) is 4.81. The molecule has 1 atom stereocenters. The number of thiophene rings is 1. The number of pyridine rings is 1. The number of amides is 1. The first-order chi connectivity index (χ1) is 13.6. The molecule has 0 aliphatic carbocycles. The molecule has 28 heavy (non-hydrogen) atoms. The molecule has 0 bridgehead atoms. The van der Waals surface area contributed by atoms with Crippen molar-refractivity contribution in [2.45, 2.75) is 19.6 Å². The highest BCUT2D eigenvalue weighted by molar-refractivity contribution is 7.10. The predicted molar refractivity (Wildman–Crippen MR) is 111 cm³/mol. The van der Waals surface area contributed by atoms with Crippen molar-refractivity contribution >= 4 is 22.9 Å². The number of aromatic nitrogens is 2. The van der Waals surface area contributed by atoms with E-state index in [4.69, 9.17) is 4.74 Å². The summed E-state index contributed by atoms with van der Waals surface area (Å²) in [5.74, 6) is 0.704.